The average Bonchev–Trinajstić information content (AvgIpc) is 3.47. The Balaban J connectivity index is 1.80. The van der Waals surface area contributed by atoms with Crippen molar-refractivity contribution in [3.8, 4) is 5.75 Å². The lowest BCUT2D eigenvalue weighted by Gasteiger charge is -2.26. The highest BCUT2D eigenvalue weighted by atomic mass is 79.9. The van der Waals surface area contributed by atoms with Gasteiger partial charge in [0, 0.05) is 31.8 Å². The fourth-order valence-electron chi connectivity index (χ4n) is 4.42. The van der Waals surface area contributed by atoms with Gasteiger partial charge in [-0.15, -0.1) is 0 Å². The molecule has 5 rings (SSSR count). The molecule has 0 N–H and O–H groups in total. The minimum atomic E-state index is -0.760. The zero-order valence-electron chi connectivity index (χ0n) is 21.8. The maximum Gasteiger partial charge on any atom is 0.338 e. The van der Waals surface area contributed by atoms with Crippen LogP contribution in [-0.4, -0.2) is 38.3 Å². The van der Waals surface area contributed by atoms with E-state index in [9.17, 15) is 9.59 Å². The van der Waals surface area contributed by atoms with Crippen molar-refractivity contribution in [1.82, 2.24) is 4.57 Å². The summed E-state index contributed by atoms with van der Waals surface area (Å²) in [6.45, 7) is 1.94. The molecule has 0 aliphatic carbocycles. The van der Waals surface area contributed by atoms with Crippen LogP contribution in [0.5, 0.6) is 5.75 Å². The molecule has 4 aromatic rings. The van der Waals surface area contributed by atoms with Crippen LogP contribution in [0.3, 0.4) is 0 Å². The van der Waals surface area contributed by atoms with Crippen molar-refractivity contribution in [3.05, 3.63) is 107 Å². The second kappa shape index (κ2) is 11.1. The van der Waals surface area contributed by atoms with Crippen molar-refractivity contribution in [1.29, 1.82) is 0 Å². The van der Waals surface area contributed by atoms with Gasteiger partial charge < -0.3 is 18.8 Å². The second-order valence-corrected chi connectivity index (χ2v) is 10.8. The number of esters is 1. The first-order valence-corrected chi connectivity index (χ1v) is 13.8. The number of carbonyl (C=O) groups is 1. The van der Waals surface area contributed by atoms with E-state index in [1.54, 1.807) is 36.8 Å². The predicted molar refractivity (Wildman–Crippen MR) is 155 cm³/mol. The van der Waals surface area contributed by atoms with Crippen LogP contribution in [0, 0.1) is 0 Å². The molecule has 0 unspecified atom stereocenters. The van der Waals surface area contributed by atoms with Gasteiger partial charge in [0.25, 0.3) is 5.56 Å². The number of thiazole rings is 1. The molecule has 8 nitrogen and oxygen atoms in total. The molecule has 1 aliphatic heterocycles. The Hall–Kier alpha value is -3.89. The van der Waals surface area contributed by atoms with Gasteiger partial charge in [-0.2, -0.15) is 0 Å². The molecule has 0 bridgehead atoms. The van der Waals surface area contributed by atoms with Crippen LogP contribution >= 0.6 is 27.3 Å². The van der Waals surface area contributed by atoms with Gasteiger partial charge in [-0.25, -0.2) is 9.79 Å². The number of fused-ring (bicyclic) bond motifs is 1. The van der Waals surface area contributed by atoms with E-state index in [1.807, 2.05) is 67.5 Å². The number of anilines is 1. The van der Waals surface area contributed by atoms with Crippen LogP contribution in [0.1, 0.15) is 29.9 Å². The summed E-state index contributed by atoms with van der Waals surface area (Å²) in [6.07, 6.45) is 1.70. The van der Waals surface area contributed by atoms with Crippen LogP contribution in [0.15, 0.2) is 84.9 Å². The molecule has 0 saturated heterocycles. The Morgan fingerprint density at radius 2 is 1.90 bits per heavy atom. The molecule has 2 aromatic heterocycles. The fraction of sp³-hybridized carbons (Fsp3) is 0.207. The van der Waals surface area contributed by atoms with Crippen molar-refractivity contribution in [2.75, 3.05) is 32.7 Å². The van der Waals surface area contributed by atoms with Gasteiger partial charge in [0.2, 0.25) is 5.88 Å². The molecule has 3 heterocycles. The largest absolute Gasteiger partial charge is 0.497 e. The van der Waals surface area contributed by atoms with E-state index in [0.717, 1.165) is 15.6 Å². The number of nitrogens with zero attached hydrogens (tertiary/aromatic N) is 3. The van der Waals surface area contributed by atoms with Gasteiger partial charge in [-0.3, -0.25) is 9.36 Å². The molecule has 10 heteroatoms. The van der Waals surface area contributed by atoms with Crippen LogP contribution in [-0.2, 0) is 9.53 Å². The zero-order valence-corrected chi connectivity index (χ0v) is 24.2. The third-order valence-electron chi connectivity index (χ3n) is 6.17. The summed E-state index contributed by atoms with van der Waals surface area (Å²) in [5, 5.41) is 0. The van der Waals surface area contributed by atoms with E-state index in [0.29, 0.717) is 38.0 Å². The topological polar surface area (TPSA) is 86.3 Å². The van der Waals surface area contributed by atoms with Crippen molar-refractivity contribution in [2.24, 2.45) is 4.99 Å². The van der Waals surface area contributed by atoms with Crippen LogP contribution in [0.25, 0.3) is 11.8 Å². The Kier molecular flexibility index (Phi) is 7.58. The maximum atomic E-state index is 13.9. The molecule has 0 radical (unpaired) electrons. The fourth-order valence-corrected chi connectivity index (χ4v) is 6.07. The highest BCUT2D eigenvalue weighted by molar-refractivity contribution is 9.10. The standard InChI is InChI=1S/C29H26BrN3O5S/c1-5-37-28(35)23-24(17-9-7-6-8-10-17)31-29-33(25(23)18-11-13-19(36-4)14-12-18)26(34)22(39-29)16-20-15-21(30)27(38-20)32(2)3/h6-16,25H,5H2,1-4H3/b22-16+/t25-/m0/s1. The number of rotatable bonds is 7. The predicted octanol–water partition coefficient (Wildman–Crippen LogP) is 4.37. The first-order valence-electron chi connectivity index (χ1n) is 12.2. The molecule has 200 valence electrons. The lowest BCUT2D eigenvalue weighted by Crippen LogP contribution is -2.40. The molecule has 0 spiro atoms. The summed E-state index contributed by atoms with van der Waals surface area (Å²) in [6, 6.07) is 17.8. The number of carbonyl (C=O) groups excluding carboxylic acids is 1. The van der Waals surface area contributed by atoms with Gasteiger partial charge in [-0.1, -0.05) is 53.8 Å². The van der Waals surface area contributed by atoms with Gasteiger partial charge >= 0.3 is 5.97 Å². The molecule has 0 amide bonds. The number of benzene rings is 2. The summed E-state index contributed by atoms with van der Waals surface area (Å²) in [4.78, 5) is 34.6. The normalized spacial score (nSPS) is 15.1. The van der Waals surface area contributed by atoms with E-state index in [1.165, 1.54) is 11.3 Å². The summed E-state index contributed by atoms with van der Waals surface area (Å²) in [7, 11) is 5.33. The Morgan fingerprint density at radius 1 is 1.18 bits per heavy atom. The third-order valence-corrected chi connectivity index (χ3v) is 7.72. The van der Waals surface area contributed by atoms with Crippen LogP contribution < -0.4 is 24.5 Å². The van der Waals surface area contributed by atoms with E-state index < -0.39 is 12.0 Å². The lowest BCUT2D eigenvalue weighted by atomic mass is 9.93. The first kappa shape index (κ1) is 26.7. The molecule has 0 fully saturated rings. The van der Waals surface area contributed by atoms with Gasteiger partial charge in [0.15, 0.2) is 4.80 Å². The van der Waals surface area contributed by atoms with Crippen LogP contribution in [0.2, 0.25) is 0 Å². The Bertz CT molecular complexity index is 1730. The monoisotopic (exact) mass is 607 g/mol. The zero-order chi connectivity index (χ0) is 27.7. The maximum absolute atomic E-state index is 13.9. The third kappa shape index (κ3) is 5.09. The summed E-state index contributed by atoms with van der Waals surface area (Å²) in [5.41, 5.74) is 1.96. The molecular weight excluding hydrogens is 582 g/mol. The average molecular weight is 609 g/mol. The van der Waals surface area contributed by atoms with Gasteiger partial charge in [-0.05, 0) is 40.5 Å². The van der Waals surface area contributed by atoms with Crippen LogP contribution in [0.4, 0.5) is 5.88 Å². The highest BCUT2D eigenvalue weighted by Crippen LogP contribution is 2.36. The Labute approximate surface area is 237 Å². The SMILES string of the molecule is CCOC(=O)C1=C(c2ccccc2)N=c2s/c(=C/c3cc(Br)c(N(C)C)o3)c(=O)n2[C@H]1c1ccc(OC)cc1. The second-order valence-electron chi connectivity index (χ2n) is 8.90. The first-order chi connectivity index (χ1) is 18.8. The van der Waals surface area contributed by atoms with E-state index in [-0.39, 0.29) is 12.2 Å². The Morgan fingerprint density at radius 3 is 2.51 bits per heavy atom. The molecule has 2 aromatic carbocycles. The molecule has 39 heavy (non-hydrogen) atoms. The molecular formula is C29H26BrN3O5S. The van der Waals surface area contributed by atoms with Crippen molar-refractivity contribution < 1.29 is 18.7 Å². The highest BCUT2D eigenvalue weighted by Gasteiger charge is 2.35. The summed E-state index contributed by atoms with van der Waals surface area (Å²) in [5.74, 6) is 1.29. The minimum absolute atomic E-state index is 0.186. The minimum Gasteiger partial charge on any atom is -0.497 e. The molecule has 1 aliphatic rings. The number of hydrogen-bond acceptors (Lipinski definition) is 8. The number of hydrogen-bond donors (Lipinski definition) is 0. The number of aromatic nitrogens is 1. The van der Waals surface area contributed by atoms with Gasteiger partial charge in [0.1, 0.15) is 11.5 Å². The van der Waals surface area contributed by atoms with E-state index in [4.69, 9.17) is 18.9 Å². The molecule has 0 saturated carbocycles. The van der Waals surface area contributed by atoms with Gasteiger partial charge in [0.05, 0.1) is 40.0 Å². The number of furan rings is 1. The summed E-state index contributed by atoms with van der Waals surface area (Å²) < 4.78 is 19.5. The quantitative estimate of drug-likeness (QED) is 0.290. The number of ether oxygens (including phenoxy) is 2. The molecule has 1 atom stereocenters. The smallest absolute Gasteiger partial charge is 0.338 e. The summed E-state index contributed by atoms with van der Waals surface area (Å²) >= 11 is 4.75. The number of methoxy groups -OCH3 is 1. The number of halogens is 1. The van der Waals surface area contributed by atoms with E-state index in [2.05, 4.69) is 15.9 Å². The van der Waals surface area contributed by atoms with Crippen molar-refractivity contribution >= 4 is 50.9 Å². The van der Waals surface area contributed by atoms with Crippen molar-refractivity contribution in [3.63, 3.8) is 0 Å². The van der Waals surface area contributed by atoms with E-state index >= 15 is 0 Å². The van der Waals surface area contributed by atoms with Crippen molar-refractivity contribution in [2.45, 2.75) is 13.0 Å². The lowest BCUT2D eigenvalue weighted by molar-refractivity contribution is -0.138.